The summed E-state index contributed by atoms with van der Waals surface area (Å²) in [7, 11) is -5.08. The van der Waals surface area contributed by atoms with Crippen LogP contribution in [0.25, 0.3) is 0 Å². The molecule has 2 aliphatic rings. The van der Waals surface area contributed by atoms with Crippen LogP contribution in [0, 0.1) is 5.92 Å². The van der Waals surface area contributed by atoms with Gasteiger partial charge in [0.15, 0.2) is 8.32 Å². The molecule has 0 saturated carbocycles. The van der Waals surface area contributed by atoms with Gasteiger partial charge in [-0.2, -0.15) is 0 Å². The quantitative estimate of drug-likeness (QED) is 0.161. The lowest BCUT2D eigenvalue weighted by molar-refractivity contribution is -0.144. The predicted octanol–water partition coefficient (Wildman–Crippen LogP) is 8.86. The molecule has 8 heteroatoms. The highest BCUT2D eigenvalue weighted by molar-refractivity contribution is 6.99. The molecule has 6 nitrogen and oxygen atoms in total. The summed E-state index contributed by atoms with van der Waals surface area (Å²) >= 11 is 0. The minimum absolute atomic E-state index is 0.0143. The molecular formula is C43H62O6Si2. The zero-order valence-corrected chi connectivity index (χ0v) is 34.5. The average molecular weight is 731 g/mol. The SMILES string of the molecule is C[C@H]1CC(=O)C[C@H](O[Si](C)(C)C(C)(C)C)/C=C/C[C@@H](CO[Si](c2ccccc2)(c2ccccc2)C(C)(C)C)OC(=O)/C=C/C[C@@H]2C=CC[C@@H](C1)O2. The van der Waals surface area contributed by atoms with Crippen LogP contribution in [0.4, 0.5) is 0 Å². The van der Waals surface area contributed by atoms with Crippen LogP contribution < -0.4 is 10.4 Å². The third kappa shape index (κ3) is 11.3. The van der Waals surface area contributed by atoms with Crippen LogP contribution in [-0.2, 0) is 27.9 Å². The number of benzene rings is 2. The lowest BCUT2D eigenvalue weighted by Crippen LogP contribution is -2.67. The molecule has 2 aromatic carbocycles. The average Bonchev–Trinajstić information content (AvgIpc) is 3.04. The van der Waals surface area contributed by atoms with Gasteiger partial charge in [-0.1, -0.05) is 140 Å². The third-order valence-corrected chi connectivity index (χ3v) is 20.1. The van der Waals surface area contributed by atoms with E-state index >= 15 is 0 Å². The molecule has 0 spiro atoms. The first-order chi connectivity index (χ1) is 24.0. The molecule has 4 rings (SSSR count). The van der Waals surface area contributed by atoms with Crippen molar-refractivity contribution in [3.05, 3.63) is 97.1 Å². The minimum atomic E-state index is -2.88. The van der Waals surface area contributed by atoms with Gasteiger partial charge in [0.1, 0.15) is 11.9 Å². The van der Waals surface area contributed by atoms with Crippen molar-refractivity contribution in [3.8, 4) is 0 Å². The summed E-state index contributed by atoms with van der Waals surface area (Å²) in [6.45, 7) is 20.2. The smallest absolute Gasteiger partial charge is 0.330 e. The van der Waals surface area contributed by atoms with E-state index in [1.54, 1.807) is 0 Å². The van der Waals surface area contributed by atoms with Gasteiger partial charge in [0.05, 0.1) is 24.9 Å². The summed E-state index contributed by atoms with van der Waals surface area (Å²) in [5, 5.41) is 2.09. The van der Waals surface area contributed by atoms with E-state index in [-0.39, 0.29) is 46.7 Å². The van der Waals surface area contributed by atoms with E-state index in [9.17, 15) is 9.59 Å². The molecule has 0 aromatic heterocycles. The highest BCUT2D eigenvalue weighted by atomic mass is 28.4. The van der Waals surface area contributed by atoms with E-state index in [1.807, 2.05) is 30.4 Å². The lowest BCUT2D eigenvalue weighted by atomic mass is 9.93. The Labute approximate surface area is 310 Å². The van der Waals surface area contributed by atoms with Crippen LogP contribution in [-0.4, -0.2) is 59.4 Å². The molecule has 0 fully saturated rings. The number of cyclic esters (lactones) is 1. The van der Waals surface area contributed by atoms with Gasteiger partial charge in [-0.3, -0.25) is 4.79 Å². The molecule has 2 heterocycles. The summed E-state index contributed by atoms with van der Waals surface area (Å²) in [5.41, 5.74) is 0. The Bertz CT molecular complexity index is 1460. The second-order valence-corrected chi connectivity index (χ2v) is 26.1. The molecule has 2 aliphatic heterocycles. The van der Waals surface area contributed by atoms with Gasteiger partial charge < -0.3 is 18.3 Å². The van der Waals surface area contributed by atoms with E-state index in [0.717, 1.165) is 12.8 Å². The Kier molecular flexibility index (Phi) is 14.2. The fourth-order valence-electron chi connectivity index (χ4n) is 6.96. The predicted molar refractivity (Wildman–Crippen MR) is 213 cm³/mol. The Morgan fingerprint density at radius 3 is 1.96 bits per heavy atom. The Balaban J connectivity index is 1.69. The molecular weight excluding hydrogens is 669 g/mol. The molecule has 0 amide bonds. The van der Waals surface area contributed by atoms with Crippen molar-refractivity contribution in [2.75, 3.05) is 6.61 Å². The minimum Gasteiger partial charge on any atom is -0.456 e. The number of esters is 1. The van der Waals surface area contributed by atoms with Crippen molar-refractivity contribution in [1.82, 2.24) is 0 Å². The van der Waals surface area contributed by atoms with Gasteiger partial charge >= 0.3 is 5.97 Å². The number of carbonyl (C=O) groups is 2. The normalized spacial score (nSPS) is 26.1. The fraction of sp³-hybridized carbons (Fsp3) is 0.535. The Morgan fingerprint density at radius 1 is 0.765 bits per heavy atom. The first kappa shape index (κ1) is 40.9. The first-order valence-corrected chi connectivity index (χ1v) is 23.6. The zero-order valence-electron chi connectivity index (χ0n) is 32.5. The van der Waals surface area contributed by atoms with E-state index in [2.05, 4.69) is 122 Å². The monoisotopic (exact) mass is 730 g/mol. The van der Waals surface area contributed by atoms with Crippen molar-refractivity contribution in [3.63, 3.8) is 0 Å². The van der Waals surface area contributed by atoms with Crippen molar-refractivity contribution >= 4 is 38.8 Å². The largest absolute Gasteiger partial charge is 0.456 e. The van der Waals surface area contributed by atoms with Gasteiger partial charge in [-0.25, -0.2) is 4.79 Å². The van der Waals surface area contributed by atoms with Crippen LogP contribution in [0.5, 0.6) is 0 Å². The summed E-state index contributed by atoms with van der Waals surface area (Å²) in [6.07, 6.45) is 14.1. The van der Waals surface area contributed by atoms with Crippen molar-refractivity contribution in [2.24, 2.45) is 5.92 Å². The number of ketones is 1. The standard InChI is InChI=1S/C43H62O6Si2/c1-33-29-34(44)31-37(49-50(8,9)42(2,3)4)22-17-23-38(48-41(45)28-18-20-35-19-16-21-36(30-33)47-35)32-46-51(43(5,6)7,39-24-12-10-13-25-39)40-26-14-11-15-27-40/h10-19,22,24-28,33,35-38H,20-21,23,29-32H2,1-9H3/b22-17+,28-18+/t33-,35-,36-,37+,38-/m0/s1. The molecule has 0 aliphatic carbocycles. The van der Waals surface area contributed by atoms with Crippen LogP contribution in [0.15, 0.2) is 97.1 Å². The topological polar surface area (TPSA) is 71.1 Å². The van der Waals surface area contributed by atoms with Crippen LogP contribution >= 0.6 is 0 Å². The maximum absolute atomic E-state index is 13.5. The molecule has 51 heavy (non-hydrogen) atoms. The fourth-order valence-corrected chi connectivity index (χ4v) is 12.8. The Hall–Kier alpha value is -2.89. The lowest BCUT2D eigenvalue weighted by Gasteiger charge is -2.43. The van der Waals surface area contributed by atoms with E-state index in [1.165, 1.54) is 16.4 Å². The summed E-state index contributed by atoms with van der Waals surface area (Å²) in [5.74, 6) is -0.0184. The van der Waals surface area contributed by atoms with Crippen LogP contribution in [0.1, 0.15) is 87.0 Å². The van der Waals surface area contributed by atoms with Crippen LogP contribution in [0.3, 0.4) is 0 Å². The second kappa shape index (κ2) is 17.8. The number of ether oxygens (including phenoxy) is 2. The zero-order chi connectivity index (χ0) is 37.3. The summed E-state index contributed by atoms with van der Waals surface area (Å²) in [6, 6.07) is 21.0. The molecule has 0 saturated heterocycles. The summed E-state index contributed by atoms with van der Waals surface area (Å²) in [4.78, 5) is 26.9. The number of hydrogen-bond donors (Lipinski definition) is 0. The molecule has 278 valence electrons. The van der Waals surface area contributed by atoms with Crippen molar-refractivity contribution in [2.45, 2.75) is 135 Å². The van der Waals surface area contributed by atoms with Crippen LogP contribution in [0.2, 0.25) is 23.2 Å². The van der Waals surface area contributed by atoms with Gasteiger partial charge in [-0.15, -0.1) is 0 Å². The first-order valence-electron chi connectivity index (χ1n) is 18.8. The molecule has 2 aromatic rings. The maximum atomic E-state index is 13.5. The highest BCUT2D eigenvalue weighted by Crippen LogP contribution is 2.39. The number of hydrogen-bond acceptors (Lipinski definition) is 6. The van der Waals surface area contributed by atoms with Gasteiger partial charge in [0.2, 0.25) is 0 Å². The molecule has 5 atom stereocenters. The van der Waals surface area contributed by atoms with E-state index < -0.39 is 28.7 Å². The van der Waals surface area contributed by atoms with E-state index in [0.29, 0.717) is 25.7 Å². The molecule has 2 bridgehead atoms. The summed E-state index contributed by atoms with van der Waals surface area (Å²) < 4.78 is 26.6. The number of rotatable bonds is 7. The molecule has 0 radical (unpaired) electrons. The number of carbonyl (C=O) groups excluding carboxylic acids is 2. The maximum Gasteiger partial charge on any atom is 0.330 e. The second-order valence-electron chi connectivity index (χ2n) is 17.0. The van der Waals surface area contributed by atoms with Gasteiger partial charge in [0, 0.05) is 25.3 Å². The highest BCUT2D eigenvalue weighted by Gasteiger charge is 2.50. The number of fused-ring (bicyclic) bond motifs is 2. The van der Waals surface area contributed by atoms with E-state index in [4.69, 9.17) is 18.3 Å². The Morgan fingerprint density at radius 2 is 1.37 bits per heavy atom. The van der Waals surface area contributed by atoms with Crippen molar-refractivity contribution in [1.29, 1.82) is 0 Å². The third-order valence-electron chi connectivity index (χ3n) is 10.6. The molecule has 0 N–H and O–H groups in total. The van der Waals surface area contributed by atoms with Gasteiger partial charge in [0.25, 0.3) is 8.32 Å². The number of Topliss-reactive ketones (excluding diaryl/α,β-unsaturated/α-hetero) is 1. The van der Waals surface area contributed by atoms with Gasteiger partial charge in [-0.05, 0) is 58.7 Å². The molecule has 0 unspecified atom stereocenters. The van der Waals surface area contributed by atoms with Crippen molar-refractivity contribution < 1.29 is 27.9 Å².